The molecule has 0 aromatic heterocycles. The fraction of sp³-hybridized carbons (Fsp3) is 0.647. The van der Waals surface area contributed by atoms with E-state index in [1.54, 1.807) is 0 Å². The molecule has 0 radical (unpaired) electrons. The molecule has 1 aliphatic rings. The molecule has 1 aliphatic heterocycles. The molecule has 21 heavy (non-hydrogen) atoms. The molecule has 2 rings (SSSR count). The molecule has 2 nitrogen and oxygen atoms in total. The van der Waals surface area contributed by atoms with Gasteiger partial charge in [0.2, 0.25) is 0 Å². The van der Waals surface area contributed by atoms with Crippen molar-refractivity contribution in [1.82, 2.24) is 10.2 Å². The summed E-state index contributed by atoms with van der Waals surface area (Å²) in [7, 11) is 0. The lowest BCUT2D eigenvalue weighted by atomic mass is 9.93. The van der Waals surface area contributed by atoms with Gasteiger partial charge in [0.25, 0.3) is 0 Å². The van der Waals surface area contributed by atoms with Crippen LogP contribution in [0.4, 0.5) is 0 Å². The largest absolute Gasteiger partial charge is 0.311 e. The van der Waals surface area contributed by atoms with Crippen LogP contribution in [-0.4, -0.2) is 30.1 Å². The minimum Gasteiger partial charge on any atom is -0.311 e. The molecule has 118 valence electrons. The van der Waals surface area contributed by atoms with Crippen molar-refractivity contribution in [1.29, 1.82) is 0 Å². The number of benzene rings is 1. The number of nitrogens with zero attached hydrogens (tertiary/aromatic N) is 1. The van der Waals surface area contributed by atoms with Crippen LogP contribution in [0.25, 0.3) is 0 Å². The lowest BCUT2D eigenvalue weighted by Crippen LogP contribution is -2.57. The SMILES string of the molecule is CCC1CN(Cc2cccc(Cl)c2Cl)C(C(C)CC)CN1. The molecule has 1 aromatic carbocycles. The molecule has 0 amide bonds. The lowest BCUT2D eigenvalue weighted by molar-refractivity contribution is 0.0833. The van der Waals surface area contributed by atoms with E-state index in [2.05, 4.69) is 37.1 Å². The Hall–Kier alpha value is -0.280. The first-order valence-electron chi connectivity index (χ1n) is 7.97. The van der Waals surface area contributed by atoms with Gasteiger partial charge in [0.1, 0.15) is 0 Å². The van der Waals surface area contributed by atoms with E-state index in [1.165, 1.54) is 6.42 Å². The molecule has 1 N–H and O–H groups in total. The molecular formula is C17H26Cl2N2. The average Bonchev–Trinajstić information content (AvgIpc) is 2.51. The van der Waals surface area contributed by atoms with Crippen molar-refractivity contribution in [2.24, 2.45) is 5.92 Å². The first kappa shape index (κ1) is 17.1. The van der Waals surface area contributed by atoms with E-state index in [9.17, 15) is 0 Å². The number of piperazine rings is 1. The molecule has 0 spiro atoms. The van der Waals surface area contributed by atoms with Gasteiger partial charge in [0, 0.05) is 31.7 Å². The predicted octanol–water partition coefficient (Wildman–Crippen LogP) is 4.59. The number of rotatable bonds is 5. The van der Waals surface area contributed by atoms with E-state index in [4.69, 9.17) is 23.2 Å². The summed E-state index contributed by atoms with van der Waals surface area (Å²) in [6.07, 6.45) is 2.36. The quantitative estimate of drug-likeness (QED) is 0.850. The van der Waals surface area contributed by atoms with Crippen molar-refractivity contribution < 1.29 is 0 Å². The third-order valence-corrected chi connectivity index (χ3v) is 5.60. The summed E-state index contributed by atoms with van der Waals surface area (Å²) in [5.41, 5.74) is 1.13. The Labute approximate surface area is 138 Å². The predicted molar refractivity (Wildman–Crippen MR) is 92.2 cm³/mol. The van der Waals surface area contributed by atoms with Crippen LogP contribution in [0.2, 0.25) is 10.0 Å². The average molecular weight is 329 g/mol. The molecule has 3 atom stereocenters. The molecule has 1 heterocycles. The minimum atomic E-state index is 0.563. The molecule has 1 aromatic rings. The maximum Gasteiger partial charge on any atom is 0.0637 e. The highest BCUT2D eigenvalue weighted by molar-refractivity contribution is 6.42. The molecular weight excluding hydrogens is 303 g/mol. The summed E-state index contributed by atoms with van der Waals surface area (Å²) in [5.74, 6) is 0.674. The molecule has 4 heteroatoms. The molecule has 3 unspecified atom stereocenters. The standard InChI is InChI=1S/C17H26Cl2N2/c1-4-12(3)16-9-20-14(5-2)11-21(16)10-13-7-6-8-15(18)17(13)19/h6-8,12,14,16,20H,4-5,9-11H2,1-3H3. The van der Waals surface area contributed by atoms with Crippen molar-refractivity contribution in [3.63, 3.8) is 0 Å². The Balaban J connectivity index is 2.17. The van der Waals surface area contributed by atoms with Crippen LogP contribution in [0.3, 0.4) is 0 Å². The van der Waals surface area contributed by atoms with Crippen molar-refractivity contribution in [2.75, 3.05) is 13.1 Å². The van der Waals surface area contributed by atoms with Crippen LogP contribution in [0.1, 0.15) is 39.2 Å². The van der Waals surface area contributed by atoms with Crippen molar-refractivity contribution >= 4 is 23.2 Å². The Morgan fingerprint density at radius 3 is 2.76 bits per heavy atom. The normalized spacial score (nSPS) is 25.0. The van der Waals surface area contributed by atoms with Gasteiger partial charge in [-0.2, -0.15) is 0 Å². The van der Waals surface area contributed by atoms with Gasteiger partial charge in [0.15, 0.2) is 0 Å². The maximum atomic E-state index is 6.37. The third-order valence-electron chi connectivity index (χ3n) is 4.74. The second-order valence-electron chi connectivity index (χ2n) is 6.11. The summed E-state index contributed by atoms with van der Waals surface area (Å²) in [5, 5.41) is 5.03. The van der Waals surface area contributed by atoms with Gasteiger partial charge in [-0.15, -0.1) is 0 Å². The fourth-order valence-corrected chi connectivity index (χ4v) is 3.46. The summed E-state index contributed by atoms with van der Waals surface area (Å²) in [4.78, 5) is 2.58. The zero-order valence-corrected chi connectivity index (χ0v) is 14.7. The zero-order chi connectivity index (χ0) is 15.4. The highest BCUT2D eigenvalue weighted by Crippen LogP contribution is 2.29. The first-order valence-corrected chi connectivity index (χ1v) is 8.72. The van der Waals surface area contributed by atoms with Gasteiger partial charge in [-0.25, -0.2) is 0 Å². The van der Waals surface area contributed by atoms with Crippen LogP contribution in [0, 0.1) is 5.92 Å². The summed E-state index contributed by atoms with van der Waals surface area (Å²) in [6.45, 7) is 9.87. The van der Waals surface area contributed by atoms with Gasteiger partial charge in [-0.3, -0.25) is 4.90 Å². The van der Waals surface area contributed by atoms with Crippen molar-refractivity contribution in [3.8, 4) is 0 Å². The third kappa shape index (κ3) is 4.13. The highest BCUT2D eigenvalue weighted by Gasteiger charge is 2.30. The van der Waals surface area contributed by atoms with Gasteiger partial charge < -0.3 is 5.32 Å². The topological polar surface area (TPSA) is 15.3 Å². The van der Waals surface area contributed by atoms with E-state index in [1.807, 2.05) is 12.1 Å². The Bertz CT molecular complexity index is 464. The second kappa shape index (κ2) is 7.82. The molecule has 1 fully saturated rings. The minimum absolute atomic E-state index is 0.563. The van der Waals surface area contributed by atoms with Crippen LogP contribution >= 0.6 is 23.2 Å². The van der Waals surface area contributed by atoms with E-state index in [-0.39, 0.29) is 0 Å². The van der Waals surface area contributed by atoms with Crippen LogP contribution < -0.4 is 5.32 Å². The second-order valence-corrected chi connectivity index (χ2v) is 6.89. The lowest BCUT2D eigenvalue weighted by Gasteiger charge is -2.43. The van der Waals surface area contributed by atoms with E-state index in [0.717, 1.165) is 31.6 Å². The molecule has 0 saturated carbocycles. The number of hydrogen-bond donors (Lipinski definition) is 1. The summed E-state index contributed by atoms with van der Waals surface area (Å²) in [6, 6.07) is 7.06. The van der Waals surface area contributed by atoms with Crippen LogP contribution in [0.5, 0.6) is 0 Å². The van der Waals surface area contributed by atoms with E-state index in [0.29, 0.717) is 28.0 Å². The van der Waals surface area contributed by atoms with E-state index < -0.39 is 0 Å². The smallest absolute Gasteiger partial charge is 0.0637 e. The molecule has 0 bridgehead atoms. The summed E-state index contributed by atoms with van der Waals surface area (Å²) < 4.78 is 0. The van der Waals surface area contributed by atoms with Crippen molar-refractivity contribution in [3.05, 3.63) is 33.8 Å². The monoisotopic (exact) mass is 328 g/mol. The summed E-state index contributed by atoms with van der Waals surface area (Å²) >= 11 is 12.5. The number of hydrogen-bond acceptors (Lipinski definition) is 2. The van der Waals surface area contributed by atoms with Crippen LogP contribution in [0.15, 0.2) is 18.2 Å². The van der Waals surface area contributed by atoms with Crippen molar-refractivity contribution in [2.45, 2.75) is 52.2 Å². The number of halogens is 2. The highest BCUT2D eigenvalue weighted by atomic mass is 35.5. The first-order chi connectivity index (χ1) is 10.1. The number of nitrogens with one attached hydrogen (secondary N) is 1. The zero-order valence-electron chi connectivity index (χ0n) is 13.2. The Kier molecular flexibility index (Phi) is 6.36. The van der Waals surface area contributed by atoms with Gasteiger partial charge in [-0.05, 0) is 24.0 Å². The van der Waals surface area contributed by atoms with Gasteiger partial charge in [0.05, 0.1) is 10.0 Å². The Morgan fingerprint density at radius 1 is 1.33 bits per heavy atom. The molecule has 0 aliphatic carbocycles. The fourth-order valence-electron chi connectivity index (χ4n) is 3.08. The molecule has 1 saturated heterocycles. The van der Waals surface area contributed by atoms with Crippen LogP contribution in [-0.2, 0) is 6.54 Å². The van der Waals surface area contributed by atoms with E-state index >= 15 is 0 Å². The maximum absolute atomic E-state index is 6.37. The van der Waals surface area contributed by atoms with Gasteiger partial charge in [-0.1, -0.05) is 62.5 Å². The Morgan fingerprint density at radius 2 is 2.10 bits per heavy atom. The van der Waals surface area contributed by atoms with Gasteiger partial charge >= 0.3 is 0 Å².